The number of fused-ring (bicyclic) bond motifs is 15. The number of hydrogen-bond donors (Lipinski definition) is 0. The molecule has 0 spiro atoms. The fourth-order valence-electron chi connectivity index (χ4n) is 22.2. The first-order chi connectivity index (χ1) is 65.9. The summed E-state index contributed by atoms with van der Waals surface area (Å²) in [4.78, 5) is 15.5. The van der Waals surface area contributed by atoms with Crippen molar-refractivity contribution in [2.24, 2.45) is 0 Å². The largest absolute Gasteiger partial charge is 0.248 e. The van der Waals surface area contributed by atoms with Gasteiger partial charge in [0.1, 0.15) is 0 Å². The van der Waals surface area contributed by atoms with Gasteiger partial charge < -0.3 is 0 Å². The van der Waals surface area contributed by atoms with E-state index in [4.69, 9.17) is 15.0 Å². The first-order valence-corrected chi connectivity index (χ1v) is 45.9. The molecule has 0 unspecified atom stereocenters. The van der Waals surface area contributed by atoms with E-state index in [2.05, 4.69) is 480 Å². The summed E-state index contributed by atoms with van der Waals surface area (Å²) in [5, 5.41) is 18.8. The molecule has 0 amide bonds. The number of aromatic nitrogens is 3. The summed E-state index contributed by atoms with van der Waals surface area (Å²) in [5.74, 6) is 0. The molecule has 0 bridgehead atoms. The fraction of sp³-hybridized carbons (Fsp3) is 0.00769. The molecule has 3 aromatic heterocycles. The first-order valence-electron chi connectivity index (χ1n) is 45.9. The zero-order chi connectivity index (χ0) is 87.7. The average molecular weight is 1690 g/mol. The maximum atomic E-state index is 5.28. The maximum absolute atomic E-state index is 5.28. The topological polar surface area (TPSA) is 38.7 Å². The Morgan fingerprint density at radius 3 is 0.744 bits per heavy atom. The Morgan fingerprint density at radius 2 is 0.391 bits per heavy atom. The number of pyridine rings is 3. The molecule has 3 heteroatoms. The molecule has 3 aliphatic rings. The second-order valence-electron chi connectivity index (χ2n) is 35.3. The lowest BCUT2D eigenvalue weighted by atomic mass is 9.82. The molecule has 0 aliphatic heterocycles. The van der Waals surface area contributed by atoms with Crippen LogP contribution in [-0.4, -0.2) is 15.0 Å². The molecular weight excluding hydrogens is 1600 g/mol. The fourth-order valence-corrected chi connectivity index (χ4v) is 22.2. The quantitative estimate of drug-likeness (QED) is 0.137. The van der Waals surface area contributed by atoms with Crippen molar-refractivity contribution in [1.82, 2.24) is 15.0 Å². The zero-order valence-corrected chi connectivity index (χ0v) is 72.9. The van der Waals surface area contributed by atoms with Crippen LogP contribution in [0.4, 0.5) is 0 Å². The van der Waals surface area contributed by atoms with Crippen LogP contribution in [0.3, 0.4) is 0 Å². The second kappa shape index (κ2) is 31.5. The van der Waals surface area contributed by atoms with Crippen LogP contribution in [0.2, 0.25) is 0 Å². The molecule has 25 aromatic rings. The van der Waals surface area contributed by atoms with Crippen molar-refractivity contribution in [3.63, 3.8) is 0 Å². The van der Waals surface area contributed by atoms with Crippen LogP contribution in [0, 0.1) is 6.92 Å². The Bertz CT molecular complexity index is 9090. The van der Waals surface area contributed by atoms with E-state index in [1.165, 1.54) is 220 Å². The summed E-state index contributed by atoms with van der Waals surface area (Å²) in [7, 11) is 0. The number of hydrogen-bond acceptors (Lipinski definition) is 3. The van der Waals surface area contributed by atoms with E-state index in [0.717, 1.165) is 61.1 Å². The van der Waals surface area contributed by atoms with Crippen molar-refractivity contribution in [3.05, 3.63) is 479 Å². The van der Waals surface area contributed by atoms with E-state index < -0.39 is 0 Å². The molecule has 3 aliphatic carbocycles. The van der Waals surface area contributed by atoms with Gasteiger partial charge in [0, 0.05) is 32.8 Å². The monoisotopic (exact) mass is 1680 g/mol. The maximum Gasteiger partial charge on any atom is 0.0716 e. The lowest BCUT2D eigenvalue weighted by molar-refractivity contribution is 1.36. The zero-order valence-electron chi connectivity index (χ0n) is 72.9. The average Bonchev–Trinajstić information content (AvgIpc) is 1.55. The normalized spacial score (nSPS) is 11.8. The van der Waals surface area contributed by atoms with E-state index in [1.54, 1.807) is 0 Å². The molecule has 0 fully saturated rings. The Morgan fingerprint density at radius 1 is 0.135 bits per heavy atom. The van der Waals surface area contributed by atoms with Gasteiger partial charge in [-0.05, 0) is 295 Å². The van der Waals surface area contributed by atoms with Crippen molar-refractivity contribution >= 4 is 97.3 Å². The molecule has 0 N–H and O–H groups in total. The number of rotatable bonds is 10. The molecule has 133 heavy (non-hydrogen) atoms. The highest BCUT2D eigenvalue weighted by molar-refractivity contribution is 6.32. The second-order valence-corrected chi connectivity index (χ2v) is 35.3. The summed E-state index contributed by atoms with van der Waals surface area (Å²) in [6.45, 7) is 2.19. The van der Waals surface area contributed by atoms with Gasteiger partial charge in [-0.3, -0.25) is 0 Å². The third kappa shape index (κ3) is 12.6. The van der Waals surface area contributed by atoms with Gasteiger partial charge in [-0.15, -0.1) is 0 Å². The van der Waals surface area contributed by atoms with Gasteiger partial charge in [0.15, 0.2) is 0 Å². The summed E-state index contributed by atoms with van der Waals surface area (Å²) >= 11 is 0. The Kier molecular flexibility index (Phi) is 18.2. The highest BCUT2D eigenvalue weighted by Crippen LogP contribution is 2.63. The number of para-hydroxylation sites is 3. The minimum absolute atomic E-state index is 0.981. The van der Waals surface area contributed by atoms with Crippen LogP contribution in [0.15, 0.2) is 473 Å². The molecule has 3 nitrogen and oxygen atoms in total. The lowest BCUT2D eigenvalue weighted by Crippen LogP contribution is -1.94. The number of nitrogens with zero attached hydrogens (tertiary/aromatic N) is 3. The Labute approximate surface area is 770 Å². The van der Waals surface area contributed by atoms with Crippen molar-refractivity contribution in [2.45, 2.75) is 6.92 Å². The van der Waals surface area contributed by atoms with Gasteiger partial charge >= 0.3 is 0 Å². The smallest absolute Gasteiger partial charge is 0.0716 e. The highest BCUT2D eigenvalue weighted by atomic mass is 14.7. The van der Waals surface area contributed by atoms with Crippen molar-refractivity contribution in [2.75, 3.05) is 0 Å². The van der Waals surface area contributed by atoms with Crippen LogP contribution < -0.4 is 0 Å². The molecule has 0 atom stereocenters. The van der Waals surface area contributed by atoms with E-state index in [-0.39, 0.29) is 0 Å². The minimum Gasteiger partial charge on any atom is -0.248 e. The molecule has 616 valence electrons. The molecule has 28 rings (SSSR count). The minimum atomic E-state index is 0.981. The summed E-state index contributed by atoms with van der Waals surface area (Å²) in [6, 6.07) is 172. The van der Waals surface area contributed by atoms with Crippen LogP contribution >= 0.6 is 0 Å². The van der Waals surface area contributed by atoms with Crippen LogP contribution in [0.1, 0.15) is 5.56 Å². The summed E-state index contributed by atoms with van der Waals surface area (Å²) in [6.07, 6.45) is 0. The SMILES string of the molecule is Cc1cc(-c2cc3c4c(cccc4c2)-c2c-3c(-c3ccccc3)c3ccccc3c2-c2ccccc2)nc2ccccc12.c1ccc(-c2c3c(c(-c4ccccc4)c4ccccc24)-c2cc(-c4ccc5ccccc5n4)cc4cccc-3c24)cc1.c1ccc(-c2cc(-c3cc4c5c(cccc5c3)-c3c-4c(-c4ccccc4)c4ccccc4c3-c3ccccc3)nc3ccccc23)cc1. The predicted molar refractivity (Wildman–Crippen MR) is 563 cm³/mol. The van der Waals surface area contributed by atoms with E-state index in [1.807, 2.05) is 0 Å². The molecule has 0 saturated heterocycles. The molecule has 0 radical (unpaired) electrons. The third-order valence-electron chi connectivity index (χ3n) is 27.8. The molecule has 22 aromatic carbocycles. The van der Waals surface area contributed by atoms with E-state index in [9.17, 15) is 0 Å². The van der Waals surface area contributed by atoms with Crippen LogP contribution in [0.5, 0.6) is 0 Å². The molecular formula is C130H81N3. The lowest BCUT2D eigenvalue weighted by Gasteiger charge is -2.20. The van der Waals surface area contributed by atoms with Crippen molar-refractivity contribution in [1.29, 1.82) is 0 Å². The van der Waals surface area contributed by atoms with Gasteiger partial charge in [0.05, 0.1) is 33.6 Å². The number of benzene rings is 22. The van der Waals surface area contributed by atoms with Crippen LogP contribution in [-0.2, 0) is 0 Å². The van der Waals surface area contributed by atoms with Crippen molar-refractivity contribution < 1.29 is 0 Å². The van der Waals surface area contributed by atoms with Crippen LogP contribution in [0.25, 0.3) is 276 Å². The van der Waals surface area contributed by atoms with Crippen molar-refractivity contribution in [3.8, 4) is 178 Å². The molecule has 0 saturated carbocycles. The molecule has 3 heterocycles. The Balaban J connectivity index is 0.000000105. The van der Waals surface area contributed by atoms with E-state index >= 15 is 0 Å². The third-order valence-corrected chi connectivity index (χ3v) is 27.8. The Hall–Kier alpha value is -17.4. The summed E-state index contributed by atoms with van der Waals surface area (Å²) < 4.78 is 0. The van der Waals surface area contributed by atoms with Gasteiger partial charge in [0.25, 0.3) is 0 Å². The standard InChI is InChI=1S/C47H29N.C42H27N.C41H25N/c1-4-15-30(16-5-1)39-29-42(48-41-26-13-12-22-35(39)41)34-27-33-21-14-25-38-43(33)40(28-34)47-45(32-19-8-3-9-20-32)37-24-11-10-23-36(37)44(46(38)47)31-17-6-2-7-18-31;1-26-23-37(43-36-22-11-10-18-31(26)36)30-24-29-17-12-21-34-38(29)35(25-30)42-40(28-15-6-3-7-16-28)33-20-9-8-19-32(33)39(41(34)42)27-13-4-2-5-14-27;1-3-13-27(14-4-1)38-31-18-8-9-19-32(31)39(28-15-5-2-6-16-28)41-34-25-30(24-29-17-11-20-33(37(29)34)40(38)41)36-23-22-26-12-7-10-21-35(26)42-36/h1-29H;2-25H,1H3;1-25H. The predicted octanol–water partition coefficient (Wildman–Crippen LogP) is 35.5. The van der Waals surface area contributed by atoms with E-state index in [0.29, 0.717) is 0 Å². The highest BCUT2D eigenvalue weighted by Gasteiger charge is 2.36. The van der Waals surface area contributed by atoms with Gasteiger partial charge in [-0.1, -0.05) is 400 Å². The van der Waals surface area contributed by atoms with Gasteiger partial charge in [0.2, 0.25) is 0 Å². The number of aryl methyl sites for hydroxylation is 1. The first kappa shape index (κ1) is 76.8. The van der Waals surface area contributed by atoms with Gasteiger partial charge in [-0.2, -0.15) is 0 Å². The van der Waals surface area contributed by atoms with Gasteiger partial charge in [-0.25, -0.2) is 15.0 Å². The summed E-state index contributed by atoms with van der Waals surface area (Å²) in [5.41, 5.74) is 43.9.